The van der Waals surface area contributed by atoms with Gasteiger partial charge in [-0.25, -0.2) is 0 Å². The number of aryl methyl sites for hydroxylation is 1. The van der Waals surface area contributed by atoms with Crippen LogP contribution < -0.4 is 15.8 Å². The largest absolute Gasteiger partial charge is 0.504 e. The number of hydrogen-bond donors (Lipinski definition) is 6. The quantitative estimate of drug-likeness (QED) is 0.0542. The lowest BCUT2D eigenvalue weighted by molar-refractivity contribution is -0.0552. The average Bonchev–Trinajstić information content (AvgIpc) is 3.81. The van der Waals surface area contributed by atoms with Gasteiger partial charge in [0, 0.05) is 31.5 Å². The minimum Gasteiger partial charge on any atom is -0.504 e. The number of nitrogens with two attached hydrogens (primary N) is 1. The van der Waals surface area contributed by atoms with Crippen molar-refractivity contribution >= 4 is 5.71 Å². The molecule has 1 spiro atoms. The molecule has 2 heterocycles. The van der Waals surface area contributed by atoms with E-state index in [2.05, 4.69) is 23.5 Å². The Balaban J connectivity index is 1.04. The monoisotopic (exact) mass is 676 g/mol. The molecule has 268 valence electrons. The maximum absolute atomic E-state index is 11.3. The molecule has 2 bridgehead atoms. The highest BCUT2D eigenvalue weighted by Gasteiger charge is 2.59. The van der Waals surface area contributed by atoms with E-state index >= 15 is 0 Å². The summed E-state index contributed by atoms with van der Waals surface area (Å²) in [5.74, 6) is 1.50. The van der Waals surface area contributed by atoms with E-state index in [0.29, 0.717) is 24.3 Å². The molecule has 0 aromatic heterocycles. The molecule has 8 N–H and O–H groups in total. The van der Waals surface area contributed by atoms with Gasteiger partial charge in [0.15, 0.2) is 29.4 Å². The summed E-state index contributed by atoms with van der Waals surface area (Å²) >= 11 is 0. The fourth-order valence-corrected chi connectivity index (χ4v) is 8.92. The van der Waals surface area contributed by atoms with Crippen molar-refractivity contribution in [3.8, 4) is 11.5 Å². The van der Waals surface area contributed by atoms with Crippen LogP contribution >= 0.6 is 0 Å². The van der Waals surface area contributed by atoms with Gasteiger partial charge >= 0.3 is 0 Å². The molecule has 9 nitrogen and oxygen atoms in total. The van der Waals surface area contributed by atoms with Crippen LogP contribution in [0.3, 0.4) is 0 Å². The minimum absolute atomic E-state index is 0.0185. The third-order valence-electron chi connectivity index (χ3n) is 11.5. The smallest absolute Gasteiger partial charge is 0.196 e. The van der Waals surface area contributed by atoms with E-state index in [-0.39, 0.29) is 42.3 Å². The van der Waals surface area contributed by atoms with Gasteiger partial charge in [0.1, 0.15) is 18.3 Å². The van der Waals surface area contributed by atoms with Crippen LogP contribution in [-0.2, 0) is 6.42 Å². The van der Waals surface area contributed by atoms with Gasteiger partial charge in [0.2, 0.25) is 0 Å². The molecule has 6 aliphatic rings. The number of benzene rings is 1. The zero-order chi connectivity index (χ0) is 34.4. The third-order valence-corrected chi connectivity index (χ3v) is 11.5. The maximum Gasteiger partial charge on any atom is 0.196 e. The van der Waals surface area contributed by atoms with Gasteiger partial charge in [-0.2, -0.15) is 0 Å². The van der Waals surface area contributed by atoms with Crippen LogP contribution in [-0.4, -0.2) is 82.0 Å². The summed E-state index contributed by atoms with van der Waals surface area (Å²) in [7, 11) is 0. The van der Waals surface area contributed by atoms with Crippen molar-refractivity contribution in [1.82, 2.24) is 5.32 Å². The van der Waals surface area contributed by atoms with Crippen LogP contribution in [0.2, 0.25) is 0 Å². The number of rotatable bonds is 19. The van der Waals surface area contributed by atoms with Crippen molar-refractivity contribution < 1.29 is 29.9 Å². The highest BCUT2D eigenvalue weighted by molar-refractivity contribution is 6.07. The molecule has 2 fully saturated rings. The standard InChI is InChI=1S/C40H57N3O6/c1-26(45)22-42-23-33-32-21-34(43-39(32)28-14-16-40(33)15-7-8-30(40)19-28)36(47)25-48-38-18-27(11-13-35(38)46)10-12-31-20-29(24-44)37(49-31)9-5-3-2-4-6-17-41/h11,13-14,16,18,20-21,26,28,30,33,36-37,42,44-45,47,49H,2-10,12,15,17,19,22-25,41H2,1H3/p+1/t26-,28-,30+,33-,36-,37?,40+/m0/s1. The van der Waals surface area contributed by atoms with Gasteiger partial charge in [-0.15, -0.1) is 16.6 Å². The minimum atomic E-state index is -0.937. The maximum atomic E-state index is 11.3. The number of allylic oxidation sites excluding steroid dienone is 2. The van der Waals surface area contributed by atoms with Crippen LogP contribution in [0.25, 0.3) is 0 Å². The predicted molar refractivity (Wildman–Crippen MR) is 193 cm³/mol. The Bertz CT molecular complexity index is 1390. The second-order valence-electron chi connectivity index (χ2n) is 15.0. The highest BCUT2D eigenvalue weighted by Crippen LogP contribution is 2.60. The molecular weight excluding hydrogens is 618 g/mol. The van der Waals surface area contributed by atoms with Gasteiger partial charge in [0.25, 0.3) is 0 Å². The van der Waals surface area contributed by atoms with Crippen molar-refractivity contribution in [2.24, 2.45) is 33.9 Å². The van der Waals surface area contributed by atoms with E-state index in [1.165, 1.54) is 31.3 Å². The second kappa shape index (κ2) is 16.5. The van der Waals surface area contributed by atoms with Crippen LogP contribution in [0.15, 0.2) is 58.6 Å². The van der Waals surface area contributed by atoms with Crippen LogP contribution in [0.1, 0.15) is 83.1 Å². The number of ether oxygens (including phenoxy) is 2. The van der Waals surface area contributed by atoms with Crippen molar-refractivity contribution in [3.63, 3.8) is 0 Å². The number of nitrogens with one attached hydrogen (secondary N) is 1. The summed E-state index contributed by atoms with van der Waals surface area (Å²) in [6, 6.07) is 5.99. The molecular formula is C40H58N3O6+. The molecule has 0 saturated heterocycles. The van der Waals surface area contributed by atoms with Crippen molar-refractivity contribution in [1.29, 1.82) is 0 Å². The van der Waals surface area contributed by atoms with Crippen molar-refractivity contribution in [3.05, 3.63) is 71.4 Å². The zero-order valence-corrected chi connectivity index (χ0v) is 29.2. The fourth-order valence-electron chi connectivity index (χ4n) is 8.92. The molecule has 4 aliphatic carbocycles. The summed E-state index contributed by atoms with van der Waals surface area (Å²) in [4.78, 5) is 5.03. The Hall–Kier alpha value is -2.79. The molecule has 1 aromatic carbocycles. The second-order valence-corrected chi connectivity index (χ2v) is 15.0. The van der Waals surface area contributed by atoms with Crippen LogP contribution in [0.5, 0.6) is 11.5 Å². The van der Waals surface area contributed by atoms with E-state index in [1.807, 2.05) is 18.2 Å². The summed E-state index contributed by atoms with van der Waals surface area (Å²) in [5.41, 5.74) is 9.98. The molecule has 9 heteroatoms. The molecule has 7 atom stereocenters. The molecule has 1 unspecified atom stereocenters. The van der Waals surface area contributed by atoms with E-state index < -0.39 is 12.2 Å². The molecule has 0 amide bonds. The number of aliphatic hydroxyl groups is 5. The highest BCUT2D eigenvalue weighted by atomic mass is 16.5. The van der Waals surface area contributed by atoms with Crippen molar-refractivity contribution in [2.45, 2.75) is 102 Å². The first-order valence-corrected chi connectivity index (χ1v) is 18.8. The lowest BCUT2D eigenvalue weighted by Gasteiger charge is -2.39. The van der Waals surface area contributed by atoms with E-state index in [4.69, 9.17) is 20.2 Å². The van der Waals surface area contributed by atoms with Gasteiger partial charge in [-0.3, -0.25) is 0 Å². The van der Waals surface area contributed by atoms with Gasteiger partial charge in [0.05, 0.1) is 30.1 Å². The Morgan fingerprint density at radius 3 is 2.86 bits per heavy atom. The summed E-state index contributed by atoms with van der Waals surface area (Å²) in [6.07, 6.45) is 21.5. The average molecular weight is 677 g/mol. The summed E-state index contributed by atoms with van der Waals surface area (Å²) in [5, 5.41) is 45.2. The molecule has 7 rings (SSSR count). The summed E-state index contributed by atoms with van der Waals surface area (Å²) < 4.78 is 10.9. The fraction of sp³-hybridized carbons (Fsp3) is 0.625. The molecule has 0 radical (unpaired) electrons. The van der Waals surface area contributed by atoms with E-state index in [1.54, 1.807) is 13.0 Å². The number of unbranched alkanes of at least 4 members (excludes halogenated alkanes) is 4. The zero-order valence-electron chi connectivity index (χ0n) is 29.2. The van der Waals surface area contributed by atoms with E-state index in [9.17, 15) is 20.4 Å². The van der Waals surface area contributed by atoms with Gasteiger partial charge in [-0.05, 0) is 82.0 Å². The third kappa shape index (κ3) is 8.24. The van der Waals surface area contributed by atoms with Crippen LogP contribution in [0, 0.1) is 35.3 Å². The summed E-state index contributed by atoms with van der Waals surface area (Å²) in [6.45, 7) is 3.89. The predicted octanol–water partition coefficient (Wildman–Crippen LogP) is 4.60. The SMILES string of the molecule is C[C@H](O)CNC[C@H]1C2=C[C+]([C@@H](O)COc3cc(CC[C-]4C=C(CO)C(CCCCCCCN)[OH+]4)ccc3O)N=C2[C@H]2C=C[C@@]13CCC[C@@H]3C2. The Kier molecular flexibility index (Phi) is 12.1. The van der Waals surface area contributed by atoms with E-state index in [0.717, 1.165) is 87.4 Å². The Morgan fingerprint density at radius 1 is 1.20 bits per heavy atom. The Morgan fingerprint density at radius 2 is 2.04 bits per heavy atom. The number of nitrogens with zero attached hydrogens (tertiary/aromatic N) is 1. The van der Waals surface area contributed by atoms with Gasteiger partial charge in [-0.1, -0.05) is 43.9 Å². The first kappa shape index (κ1) is 36.0. The number of aromatic hydroxyl groups is 1. The van der Waals surface area contributed by atoms with Crippen molar-refractivity contribution in [2.75, 3.05) is 32.8 Å². The molecule has 1 aromatic rings. The lowest BCUT2D eigenvalue weighted by atomic mass is 9.64. The number of aliphatic imine (C=N–C) groups is 1. The topological polar surface area (TPSA) is 153 Å². The first-order chi connectivity index (χ1) is 23.8. The molecule has 2 aliphatic heterocycles. The number of phenols is 1. The number of phenolic OH excluding ortho intramolecular Hbond substituents is 1. The first-order valence-electron chi connectivity index (χ1n) is 18.8. The number of aliphatic hydroxyl groups excluding tert-OH is 3. The van der Waals surface area contributed by atoms with Gasteiger partial charge < -0.3 is 41.0 Å². The van der Waals surface area contributed by atoms with Crippen LogP contribution in [0.4, 0.5) is 0 Å². The number of hydrogen-bond acceptors (Lipinski definition) is 8. The lowest BCUT2D eigenvalue weighted by Crippen LogP contribution is -2.41. The Labute approximate surface area is 292 Å². The molecule has 49 heavy (non-hydrogen) atoms. The molecule has 2 saturated carbocycles. The normalized spacial score (nSPS) is 28.2.